The van der Waals surface area contributed by atoms with Crippen LogP contribution < -0.4 is 0 Å². The van der Waals surface area contributed by atoms with Crippen LogP contribution in [0, 0.1) is 5.82 Å². The van der Waals surface area contributed by atoms with Crippen molar-refractivity contribution in [1.82, 2.24) is 0 Å². The van der Waals surface area contributed by atoms with Gasteiger partial charge in [-0.3, -0.25) is 4.79 Å². The van der Waals surface area contributed by atoms with E-state index in [-0.39, 0.29) is 11.6 Å². The summed E-state index contributed by atoms with van der Waals surface area (Å²) in [6, 6.07) is 11.1. The number of ketones is 1. The van der Waals surface area contributed by atoms with Crippen molar-refractivity contribution in [3.63, 3.8) is 0 Å². The van der Waals surface area contributed by atoms with Crippen LogP contribution in [0.1, 0.15) is 32.4 Å². The molecular weight excluding hydrogens is 279 g/mol. The van der Waals surface area contributed by atoms with Crippen LogP contribution in [-0.2, 0) is 18.0 Å². The molecule has 2 nitrogen and oxygen atoms in total. The molecule has 0 N–H and O–H groups in total. The summed E-state index contributed by atoms with van der Waals surface area (Å²) < 4.78 is 18.2. The normalized spacial score (nSPS) is 14.9. The van der Waals surface area contributed by atoms with Gasteiger partial charge in [0.25, 0.3) is 0 Å². The first-order valence-corrected chi connectivity index (χ1v) is 6.72. The van der Waals surface area contributed by atoms with Crippen molar-refractivity contribution in [2.24, 2.45) is 0 Å². The molecule has 0 amide bonds. The van der Waals surface area contributed by atoms with Gasteiger partial charge in [0.05, 0.1) is 13.2 Å². The Hall–Kier alpha value is -1.71. The molecule has 1 atom stereocenters. The number of alkyl halides is 1. The van der Waals surface area contributed by atoms with Gasteiger partial charge in [0.15, 0.2) is 5.78 Å². The molecular formula is C16H12ClFO2. The fourth-order valence-electron chi connectivity index (χ4n) is 2.25. The van der Waals surface area contributed by atoms with E-state index in [1.807, 2.05) is 12.1 Å². The highest BCUT2D eigenvalue weighted by Crippen LogP contribution is 2.28. The quantitative estimate of drug-likeness (QED) is 0.630. The highest BCUT2D eigenvalue weighted by molar-refractivity contribution is 6.33. The van der Waals surface area contributed by atoms with Gasteiger partial charge >= 0.3 is 0 Å². The van der Waals surface area contributed by atoms with Crippen LogP contribution in [0.2, 0.25) is 0 Å². The average molecular weight is 291 g/mol. The lowest BCUT2D eigenvalue weighted by molar-refractivity contribution is 0.0987. The van der Waals surface area contributed by atoms with Gasteiger partial charge < -0.3 is 4.74 Å². The summed E-state index contributed by atoms with van der Waals surface area (Å²) in [4.78, 5) is 12.4. The summed E-state index contributed by atoms with van der Waals surface area (Å²) in [5.41, 5.74) is 3.28. The van der Waals surface area contributed by atoms with Gasteiger partial charge in [-0.15, -0.1) is 11.6 Å². The molecule has 1 unspecified atom stereocenters. The third-order valence-corrected chi connectivity index (χ3v) is 3.85. The molecule has 0 spiro atoms. The highest BCUT2D eigenvalue weighted by Gasteiger charge is 2.21. The molecule has 102 valence electrons. The number of hydrogen-bond donors (Lipinski definition) is 0. The molecule has 3 rings (SSSR count). The number of hydrogen-bond acceptors (Lipinski definition) is 2. The van der Waals surface area contributed by atoms with Gasteiger partial charge in [0.1, 0.15) is 11.2 Å². The van der Waals surface area contributed by atoms with E-state index in [2.05, 4.69) is 0 Å². The van der Waals surface area contributed by atoms with Crippen LogP contribution in [-0.4, -0.2) is 5.78 Å². The number of ether oxygens (including phenoxy) is 1. The smallest absolute Gasteiger partial charge is 0.185 e. The Kier molecular flexibility index (Phi) is 3.55. The van der Waals surface area contributed by atoms with Gasteiger partial charge in [0, 0.05) is 5.56 Å². The zero-order valence-corrected chi connectivity index (χ0v) is 11.4. The maximum absolute atomic E-state index is 12.9. The zero-order chi connectivity index (χ0) is 14.1. The van der Waals surface area contributed by atoms with E-state index in [0.717, 1.165) is 11.1 Å². The Bertz CT molecular complexity index is 652. The number of halogens is 2. The third kappa shape index (κ3) is 2.47. The number of benzene rings is 2. The maximum Gasteiger partial charge on any atom is 0.185 e. The Balaban J connectivity index is 1.86. The molecule has 20 heavy (non-hydrogen) atoms. The number of carbonyl (C=O) groups is 1. The molecule has 0 saturated carbocycles. The van der Waals surface area contributed by atoms with Crippen LogP contribution >= 0.6 is 11.6 Å². The maximum atomic E-state index is 12.9. The summed E-state index contributed by atoms with van der Waals surface area (Å²) in [7, 11) is 0. The first-order valence-electron chi connectivity index (χ1n) is 6.28. The van der Waals surface area contributed by atoms with Crippen molar-refractivity contribution in [2.45, 2.75) is 18.6 Å². The van der Waals surface area contributed by atoms with E-state index in [1.54, 1.807) is 6.07 Å². The molecule has 1 aliphatic heterocycles. The summed E-state index contributed by atoms with van der Waals surface area (Å²) in [5.74, 6) is -0.535. The van der Waals surface area contributed by atoms with Crippen molar-refractivity contribution in [2.75, 3.05) is 0 Å². The van der Waals surface area contributed by atoms with Gasteiger partial charge in [-0.25, -0.2) is 4.39 Å². The van der Waals surface area contributed by atoms with Crippen molar-refractivity contribution in [1.29, 1.82) is 0 Å². The Labute approximate surface area is 121 Å². The SMILES string of the molecule is O=C(c1ccc2c(c1)COC2)C(Cl)c1ccc(F)cc1. The second-order valence-electron chi connectivity index (χ2n) is 4.75. The second-order valence-corrected chi connectivity index (χ2v) is 5.19. The van der Waals surface area contributed by atoms with Crippen LogP contribution in [0.4, 0.5) is 4.39 Å². The largest absolute Gasteiger partial charge is 0.372 e. The molecule has 2 aromatic carbocycles. The number of fused-ring (bicyclic) bond motifs is 1. The number of Topliss-reactive ketones (excluding diaryl/α,β-unsaturated/α-hetero) is 1. The Morgan fingerprint density at radius 2 is 1.80 bits per heavy atom. The fraction of sp³-hybridized carbons (Fsp3) is 0.188. The lowest BCUT2D eigenvalue weighted by Gasteiger charge is -2.10. The van der Waals surface area contributed by atoms with Crippen molar-refractivity contribution in [3.05, 3.63) is 70.5 Å². The summed E-state index contributed by atoms with van der Waals surface area (Å²) in [6.45, 7) is 1.12. The molecule has 0 aliphatic carbocycles. The molecule has 1 heterocycles. The lowest BCUT2D eigenvalue weighted by Crippen LogP contribution is -2.08. The summed E-state index contributed by atoms with van der Waals surface area (Å²) in [5, 5.41) is -0.809. The van der Waals surface area contributed by atoms with E-state index in [1.165, 1.54) is 24.3 Å². The molecule has 0 fully saturated rings. The Morgan fingerprint density at radius 1 is 1.10 bits per heavy atom. The van der Waals surface area contributed by atoms with Crippen LogP contribution in [0.5, 0.6) is 0 Å². The zero-order valence-electron chi connectivity index (χ0n) is 10.6. The molecule has 0 aromatic heterocycles. The van der Waals surface area contributed by atoms with E-state index in [9.17, 15) is 9.18 Å². The molecule has 2 aromatic rings. The molecule has 4 heteroatoms. The van der Waals surface area contributed by atoms with E-state index < -0.39 is 5.38 Å². The predicted molar refractivity (Wildman–Crippen MR) is 74.3 cm³/mol. The first kappa shape index (κ1) is 13.3. The molecule has 0 saturated heterocycles. The van der Waals surface area contributed by atoms with E-state index in [4.69, 9.17) is 16.3 Å². The van der Waals surface area contributed by atoms with Gasteiger partial charge in [-0.2, -0.15) is 0 Å². The van der Waals surface area contributed by atoms with E-state index >= 15 is 0 Å². The van der Waals surface area contributed by atoms with Gasteiger partial charge in [-0.05, 0) is 34.9 Å². The molecule has 1 aliphatic rings. The average Bonchev–Trinajstić information content (AvgIpc) is 2.94. The molecule has 0 bridgehead atoms. The Morgan fingerprint density at radius 3 is 2.55 bits per heavy atom. The van der Waals surface area contributed by atoms with Crippen LogP contribution in [0.15, 0.2) is 42.5 Å². The number of carbonyl (C=O) groups excluding carboxylic acids is 1. The van der Waals surface area contributed by atoms with Crippen molar-refractivity contribution in [3.8, 4) is 0 Å². The summed E-state index contributed by atoms with van der Waals surface area (Å²) >= 11 is 6.19. The third-order valence-electron chi connectivity index (χ3n) is 3.40. The minimum atomic E-state index is -0.809. The lowest BCUT2D eigenvalue weighted by atomic mass is 9.99. The van der Waals surface area contributed by atoms with Crippen LogP contribution in [0.3, 0.4) is 0 Å². The van der Waals surface area contributed by atoms with Crippen molar-refractivity contribution < 1.29 is 13.9 Å². The topological polar surface area (TPSA) is 26.3 Å². The standard InChI is InChI=1S/C16H12ClFO2/c17-15(10-3-5-14(18)6-4-10)16(19)11-1-2-12-8-20-9-13(12)7-11/h1-7,15H,8-9H2. The van der Waals surface area contributed by atoms with Crippen LogP contribution in [0.25, 0.3) is 0 Å². The van der Waals surface area contributed by atoms with Crippen molar-refractivity contribution >= 4 is 17.4 Å². The first-order chi connectivity index (χ1) is 9.65. The van der Waals surface area contributed by atoms with Gasteiger partial charge in [0.2, 0.25) is 0 Å². The van der Waals surface area contributed by atoms with Gasteiger partial charge in [-0.1, -0.05) is 24.3 Å². The summed E-state index contributed by atoms with van der Waals surface area (Å²) in [6.07, 6.45) is 0. The fourth-order valence-corrected chi connectivity index (χ4v) is 2.53. The predicted octanol–water partition coefficient (Wildman–Crippen LogP) is 4.02. The minimum Gasteiger partial charge on any atom is -0.372 e. The van der Waals surface area contributed by atoms with E-state index in [0.29, 0.717) is 24.3 Å². The minimum absolute atomic E-state index is 0.187. The molecule has 0 radical (unpaired) electrons. The highest BCUT2D eigenvalue weighted by atomic mass is 35.5. The second kappa shape index (κ2) is 5.35. The number of rotatable bonds is 3. The monoisotopic (exact) mass is 290 g/mol.